The quantitative estimate of drug-likeness (QED) is 0.674. The van der Waals surface area contributed by atoms with Crippen LogP contribution >= 0.6 is 0 Å². The molecule has 0 saturated heterocycles. The van der Waals surface area contributed by atoms with E-state index in [1.807, 2.05) is 0 Å². The van der Waals surface area contributed by atoms with Crippen LogP contribution in [0.2, 0.25) is 0 Å². The van der Waals surface area contributed by atoms with E-state index in [1.165, 1.54) is 6.42 Å². The summed E-state index contributed by atoms with van der Waals surface area (Å²) in [6.07, 6.45) is 6.20. The molecule has 0 radical (unpaired) electrons. The van der Waals surface area contributed by atoms with Crippen LogP contribution in [-0.2, 0) is 10.0 Å². The summed E-state index contributed by atoms with van der Waals surface area (Å²) in [6.45, 7) is 8.19. The van der Waals surface area contributed by atoms with Crippen molar-refractivity contribution in [2.24, 2.45) is 5.41 Å². The smallest absolute Gasteiger partial charge is 0.211 e. The molecule has 1 aliphatic rings. The van der Waals surface area contributed by atoms with Gasteiger partial charge in [0.25, 0.3) is 0 Å². The maximum Gasteiger partial charge on any atom is 0.211 e. The standard InChI is InChI=1S/C14H30N2O2S/c1-4-10-15-11-7-12-19(17,18)16-13-8-5-6-9-14(13,2)3/h13,15-16H,4-12H2,1-3H3. The van der Waals surface area contributed by atoms with Gasteiger partial charge in [-0.15, -0.1) is 0 Å². The Hall–Kier alpha value is -0.130. The Kier molecular flexibility index (Phi) is 6.77. The van der Waals surface area contributed by atoms with Crippen molar-refractivity contribution < 1.29 is 8.42 Å². The third-order valence-corrected chi connectivity index (χ3v) is 5.49. The van der Waals surface area contributed by atoms with Crippen molar-refractivity contribution in [2.75, 3.05) is 18.8 Å². The number of sulfonamides is 1. The van der Waals surface area contributed by atoms with Crippen LogP contribution in [0.1, 0.15) is 59.3 Å². The second-order valence-electron chi connectivity index (χ2n) is 6.33. The van der Waals surface area contributed by atoms with E-state index in [0.717, 1.165) is 38.8 Å². The summed E-state index contributed by atoms with van der Waals surface area (Å²) < 4.78 is 27.1. The fourth-order valence-electron chi connectivity index (χ4n) is 2.68. The monoisotopic (exact) mass is 290 g/mol. The van der Waals surface area contributed by atoms with Crippen LogP contribution in [0, 0.1) is 5.41 Å². The van der Waals surface area contributed by atoms with Gasteiger partial charge in [0.2, 0.25) is 10.0 Å². The van der Waals surface area contributed by atoms with E-state index in [-0.39, 0.29) is 17.2 Å². The number of rotatable bonds is 8. The van der Waals surface area contributed by atoms with Crippen LogP contribution in [-0.4, -0.2) is 33.3 Å². The summed E-state index contributed by atoms with van der Waals surface area (Å²) in [7, 11) is -3.13. The van der Waals surface area contributed by atoms with Gasteiger partial charge in [-0.25, -0.2) is 13.1 Å². The van der Waals surface area contributed by atoms with Gasteiger partial charge in [-0.1, -0.05) is 33.6 Å². The summed E-state index contributed by atoms with van der Waals surface area (Å²) in [5.74, 6) is 0.232. The van der Waals surface area contributed by atoms with Crippen molar-refractivity contribution in [3.05, 3.63) is 0 Å². The minimum Gasteiger partial charge on any atom is -0.317 e. The van der Waals surface area contributed by atoms with Gasteiger partial charge >= 0.3 is 0 Å². The molecule has 1 aliphatic carbocycles. The summed E-state index contributed by atoms with van der Waals surface area (Å²) in [5.41, 5.74) is 0.0891. The highest BCUT2D eigenvalue weighted by Crippen LogP contribution is 2.35. The van der Waals surface area contributed by atoms with E-state index in [9.17, 15) is 8.42 Å². The van der Waals surface area contributed by atoms with Gasteiger partial charge in [0.15, 0.2) is 0 Å². The van der Waals surface area contributed by atoms with Crippen molar-refractivity contribution in [3.8, 4) is 0 Å². The zero-order valence-electron chi connectivity index (χ0n) is 12.7. The van der Waals surface area contributed by atoms with Gasteiger partial charge in [0, 0.05) is 6.04 Å². The molecule has 0 aromatic heterocycles. The average molecular weight is 290 g/mol. The van der Waals surface area contributed by atoms with Gasteiger partial charge in [-0.3, -0.25) is 0 Å². The molecular formula is C14H30N2O2S. The molecule has 1 unspecified atom stereocenters. The number of hydrogen-bond donors (Lipinski definition) is 2. The van der Waals surface area contributed by atoms with Crippen LogP contribution in [0.15, 0.2) is 0 Å². The normalized spacial score (nSPS) is 23.4. The SMILES string of the molecule is CCCNCCCS(=O)(=O)NC1CCCCC1(C)C. The highest BCUT2D eigenvalue weighted by Gasteiger charge is 2.34. The zero-order chi connectivity index (χ0) is 14.4. The van der Waals surface area contributed by atoms with Crippen molar-refractivity contribution >= 4 is 10.0 Å². The van der Waals surface area contributed by atoms with Gasteiger partial charge in [0.05, 0.1) is 5.75 Å². The Labute approximate surface area is 118 Å². The predicted octanol–water partition coefficient (Wildman–Crippen LogP) is 2.26. The van der Waals surface area contributed by atoms with Crippen LogP contribution in [0.5, 0.6) is 0 Å². The van der Waals surface area contributed by atoms with Crippen molar-refractivity contribution in [2.45, 2.75) is 65.3 Å². The Morgan fingerprint density at radius 2 is 1.95 bits per heavy atom. The van der Waals surface area contributed by atoms with Crippen LogP contribution < -0.4 is 10.0 Å². The molecule has 0 amide bonds. The molecule has 0 aliphatic heterocycles. The highest BCUT2D eigenvalue weighted by atomic mass is 32.2. The fourth-order valence-corrected chi connectivity index (χ4v) is 4.19. The minimum atomic E-state index is -3.13. The molecule has 0 bridgehead atoms. The molecule has 0 aromatic carbocycles. The van der Waals surface area contributed by atoms with Gasteiger partial charge in [-0.05, 0) is 44.2 Å². The zero-order valence-corrected chi connectivity index (χ0v) is 13.5. The van der Waals surface area contributed by atoms with E-state index in [2.05, 4.69) is 30.8 Å². The minimum absolute atomic E-state index is 0.0891. The van der Waals surface area contributed by atoms with Crippen LogP contribution in [0.25, 0.3) is 0 Å². The first kappa shape index (κ1) is 16.9. The van der Waals surface area contributed by atoms with Crippen molar-refractivity contribution in [1.29, 1.82) is 0 Å². The summed E-state index contributed by atoms with van der Waals surface area (Å²) in [6, 6.07) is 0.106. The predicted molar refractivity (Wildman–Crippen MR) is 80.7 cm³/mol. The van der Waals surface area contributed by atoms with Crippen molar-refractivity contribution in [1.82, 2.24) is 10.0 Å². The van der Waals surface area contributed by atoms with Crippen molar-refractivity contribution in [3.63, 3.8) is 0 Å². The fraction of sp³-hybridized carbons (Fsp3) is 1.00. The molecule has 2 N–H and O–H groups in total. The van der Waals surface area contributed by atoms with E-state index in [4.69, 9.17) is 0 Å². The second-order valence-corrected chi connectivity index (χ2v) is 8.20. The molecule has 0 spiro atoms. The first-order valence-corrected chi connectivity index (χ1v) is 9.23. The first-order valence-electron chi connectivity index (χ1n) is 7.58. The maximum absolute atomic E-state index is 12.1. The summed E-state index contributed by atoms with van der Waals surface area (Å²) in [4.78, 5) is 0. The Bertz CT molecular complexity index is 352. The lowest BCUT2D eigenvalue weighted by atomic mass is 9.74. The van der Waals surface area contributed by atoms with E-state index in [1.54, 1.807) is 0 Å². The maximum atomic E-state index is 12.1. The van der Waals surface area contributed by atoms with Crippen LogP contribution in [0.3, 0.4) is 0 Å². The van der Waals surface area contributed by atoms with Gasteiger partial charge in [-0.2, -0.15) is 0 Å². The molecule has 4 nitrogen and oxygen atoms in total. The lowest BCUT2D eigenvalue weighted by molar-refractivity contribution is 0.188. The molecule has 1 atom stereocenters. The third kappa shape index (κ3) is 6.23. The number of nitrogens with one attached hydrogen (secondary N) is 2. The lowest BCUT2D eigenvalue weighted by Crippen LogP contribution is -2.47. The average Bonchev–Trinajstić information content (AvgIpc) is 2.31. The second kappa shape index (κ2) is 7.60. The van der Waals surface area contributed by atoms with E-state index >= 15 is 0 Å². The molecule has 1 saturated carbocycles. The van der Waals surface area contributed by atoms with Gasteiger partial charge < -0.3 is 5.32 Å². The molecule has 1 rings (SSSR count). The summed E-state index contributed by atoms with van der Waals surface area (Å²) in [5, 5.41) is 3.24. The van der Waals surface area contributed by atoms with Crippen LogP contribution in [0.4, 0.5) is 0 Å². The Morgan fingerprint density at radius 3 is 2.58 bits per heavy atom. The molecule has 19 heavy (non-hydrogen) atoms. The largest absolute Gasteiger partial charge is 0.317 e. The Balaban J connectivity index is 2.36. The molecule has 5 heteroatoms. The van der Waals surface area contributed by atoms with Gasteiger partial charge in [0.1, 0.15) is 0 Å². The van der Waals surface area contributed by atoms with E-state index < -0.39 is 10.0 Å². The molecule has 0 aromatic rings. The number of hydrogen-bond acceptors (Lipinski definition) is 3. The first-order chi connectivity index (χ1) is 8.87. The highest BCUT2D eigenvalue weighted by molar-refractivity contribution is 7.89. The molecule has 0 heterocycles. The molecule has 114 valence electrons. The molecule has 1 fully saturated rings. The van der Waals surface area contributed by atoms with E-state index in [0.29, 0.717) is 6.42 Å². The lowest BCUT2D eigenvalue weighted by Gasteiger charge is -2.38. The Morgan fingerprint density at radius 1 is 1.21 bits per heavy atom. The topological polar surface area (TPSA) is 58.2 Å². The summed E-state index contributed by atoms with van der Waals surface area (Å²) >= 11 is 0. The third-order valence-electron chi connectivity index (χ3n) is 4.02. The molecular weight excluding hydrogens is 260 g/mol.